The first-order valence-electron chi connectivity index (χ1n) is 7.37. The van der Waals surface area contributed by atoms with Crippen LogP contribution in [-0.2, 0) is 6.54 Å². The SMILES string of the molecule is O=C(O)c1cn(Cc2cnc(OC(F)F)c(-c3cccc(Cl)c3)c2)cn1. The second-order valence-electron chi connectivity index (χ2n) is 5.32. The Morgan fingerprint density at radius 3 is 2.77 bits per heavy atom. The molecule has 3 aromatic rings. The molecule has 0 aliphatic carbocycles. The number of carbonyl (C=O) groups is 1. The number of imidazole rings is 1. The van der Waals surface area contributed by atoms with E-state index in [4.69, 9.17) is 16.7 Å². The Morgan fingerprint density at radius 2 is 2.12 bits per heavy atom. The van der Waals surface area contributed by atoms with Crippen molar-refractivity contribution in [3.05, 3.63) is 65.3 Å². The number of hydrogen-bond donors (Lipinski definition) is 1. The van der Waals surface area contributed by atoms with Crippen LogP contribution in [0.2, 0.25) is 5.02 Å². The molecule has 3 rings (SSSR count). The Morgan fingerprint density at radius 1 is 1.31 bits per heavy atom. The standard InChI is InChI=1S/C17H12ClF2N3O3/c18-12-3-1-2-11(5-12)13-4-10(6-21-15(13)26-17(19)20)7-23-8-14(16(24)25)22-9-23/h1-6,8-9,17H,7H2,(H,24,25). The normalized spacial score (nSPS) is 10.9. The summed E-state index contributed by atoms with van der Waals surface area (Å²) in [5.74, 6) is -1.36. The molecule has 0 radical (unpaired) electrons. The van der Waals surface area contributed by atoms with Crippen LogP contribution in [0.1, 0.15) is 16.1 Å². The zero-order valence-corrected chi connectivity index (χ0v) is 13.9. The summed E-state index contributed by atoms with van der Waals surface area (Å²) in [6.45, 7) is -2.76. The van der Waals surface area contributed by atoms with Crippen molar-refractivity contribution in [3.63, 3.8) is 0 Å². The molecule has 0 atom stereocenters. The van der Waals surface area contributed by atoms with Gasteiger partial charge in [0.1, 0.15) is 0 Å². The number of nitrogens with zero attached hydrogens (tertiary/aromatic N) is 3. The molecule has 1 aromatic carbocycles. The molecular formula is C17H12ClF2N3O3. The van der Waals surface area contributed by atoms with Crippen molar-refractivity contribution < 1.29 is 23.4 Å². The van der Waals surface area contributed by atoms with E-state index >= 15 is 0 Å². The first-order chi connectivity index (χ1) is 12.4. The summed E-state index contributed by atoms with van der Waals surface area (Å²) < 4.78 is 31.4. The summed E-state index contributed by atoms with van der Waals surface area (Å²) in [5, 5.41) is 9.36. The Hall–Kier alpha value is -3.00. The number of hydrogen-bond acceptors (Lipinski definition) is 4. The third-order valence-corrected chi connectivity index (χ3v) is 3.70. The number of rotatable bonds is 6. The number of pyridine rings is 1. The highest BCUT2D eigenvalue weighted by Gasteiger charge is 2.15. The number of carboxylic acids is 1. The van der Waals surface area contributed by atoms with Crippen molar-refractivity contribution >= 4 is 17.6 Å². The van der Waals surface area contributed by atoms with Crippen LogP contribution in [0, 0.1) is 0 Å². The fourth-order valence-electron chi connectivity index (χ4n) is 2.39. The van der Waals surface area contributed by atoms with Gasteiger partial charge in [-0.2, -0.15) is 8.78 Å². The number of aromatic carboxylic acids is 1. The van der Waals surface area contributed by atoms with Gasteiger partial charge in [-0.15, -0.1) is 0 Å². The molecule has 26 heavy (non-hydrogen) atoms. The highest BCUT2D eigenvalue weighted by Crippen LogP contribution is 2.31. The van der Waals surface area contributed by atoms with Gasteiger partial charge in [0.25, 0.3) is 0 Å². The van der Waals surface area contributed by atoms with Gasteiger partial charge in [-0.25, -0.2) is 14.8 Å². The summed E-state index contributed by atoms with van der Waals surface area (Å²) in [4.78, 5) is 18.6. The minimum Gasteiger partial charge on any atom is -0.476 e. The van der Waals surface area contributed by atoms with E-state index in [9.17, 15) is 13.6 Å². The summed E-state index contributed by atoms with van der Waals surface area (Å²) in [5.41, 5.74) is 1.48. The monoisotopic (exact) mass is 379 g/mol. The summed E-state index contributed by atoms with van der Waals surface area (Å²) in [6, 6.07) is 8.29. The topological polar surface area (TPSA) is 77.2 Å². The zero-order chi connectivity index (χ0) is 18.7. The molecule has 0 aliphatic heterocycles. The fraction of sp³-hybridized carbons (Fsp3) is 0.118. The lowest BCUT2D eigenvalue weighted by Crippen LogP contribution is -2.06. The maximum atomic E-state index is 12.7. The molecule has 134 valence electrons. The first kappa shape index (κ1) is 17.8. The molecule has 0 amide bonds. The lowest BCUT2D eigenvalue weighted by atomic mass is 10.1. The number of carboxylic acid groups (broad SMARTS) is 1. The van der Waals surface area contributed by atoms with Crippen LogP contribution in [0.5, 0.6) is 5.88 Å². The Balaban J connectivity index is 1.97. The number of benzene rings is 1. The number of aromatic nitrogens is 3. The Labute approximate surface area is 151 Å². The van der Waals surface area contributed by atoms with Crippen molar-refractivity contribution in [2.75, 3.05) is 0 Å². The first-order valence-corrected chi connectivity index (χ1v) is 7.75. The van der Waals surface area contributed by atoms with Gasteiger partial charge < -0.3 is 14.4 Å². The van der Waals surface area contributed by atoms with E-state index in [-0.39, 0.29) is 18.1 Å². The molecule has 2 heterocycles. The van der Waals surface area contributed by atoms with Gasteiger partial charge in [0.2, 0.25) is 5.88 Å². The lowest BCUT2D eigenvalue weighted by molar-refractivity contribution is -0.0524. The summed E-state index contributed by atoms with van der Waals surface area (Å²) >= 11 is 5.98. The van der Waals surface area contributed by atoms with E-state index in [2.05, 4.69) is 14.7 Å². The largest absolute Gasteiger partial charge is 0.476 e. The highest BCUT2D eigenvalue weighted by atomic mass is 35.5. The third kappa shape index (κ3) is 4.15. The number of alkyl halides is 2. The Bertz CT molecular complexity index is 947. The van der Waals surface area contributed by atoms with Crippen molar-refractivity contribution in [2.24, 2.45) is 0 Å². The van der Waals surface area contributed by atoms with Crippen molar-refractivity contribution in [1.82, 2.24) is 14.5 Å². The maximum absolute atomic E-state index is 12.7. The van der Waals surface area contributed by atoms with Gasteiger partial charge in [-0.1, -0.05) is 23.7 Å². The van der Waals surface area contributed by atoms with E-state index in [0.29, 0.717) is 21.7 Å². The van der Waals surface area contributed by atoms with Gasteiger partial charge in [-0.05, 0) is 29.3 Å². The van der Waals surface area contributed by atoms with Crippen LogP contribution in [0.15, 0.2) is 49.1 Å². The molecule has 9 heteroatoms. The molecule has 0 spiro atoms. The molecule has 6 nitrogen and oxygen atoms in total. The van der Waals surface area contributed by atoms with E-state index in [0.717, 1.165) is 0 Å². The van der Waals surface area contributed by atoms with Gasteiger partial charge in [0.05, 0.1) is 12.9 Å². The summed E-state index contributed by atoms with van der Waals surface area (Å²) in [6.07, 6.45) is 4.11. The third-order valence-electron chi connectivity index (χ3n) is 3.46. The average molecular weight is 380 g/mol. The molecular weight excluding hydrogens is 368 g/mol. The predicted octanol–water partition coefficient (Wildman–Crippen LogP) is 3.95. The van der Waals surface area contributed by atoms with Crippen LogP contribution in [-0.4, -0.2) is 32.2 Å². The molecule has 0 fully saturated rings. The molecule has 0 saturated carbocycles. The molecule has 0 saturated heterocycles. The quantitative estimate of drug-likeness (QED) is 0.701. The zero-order valence-electron chi connectivity index (χ0n) is 13.1. The molecule has 0 bridgehead atoms. The van der Waals surface area contributed by atoms with Gasteiger partial charge >= 0.3 is 12.6 Å². The van der Waals surface area contributed by atoms with Gasteiger partial charge in [-0.3, -0.25) is 0 Å². The van der Waals surface area contributed by atoms with E-state index in [1.807, 2.05) is 0 Å². The number of halogens is 3. The maximum Gasteiger partial charge on any atom is 0.388 e. The minimum absolute atomic E-state index is 0.0920. The molecule has 1 N–H and O–H groups in total. The van der Waals surface area contributed by atoms with E-state index in [1.165, 1.54) is 18.7 Å². The van der Waals surface area contributed by atoms with Crippen molar-refractivity contribution in [1.29, 1.82) is 0 Å². The second-order valence-corrected chi connectivity index (χ2v) is 5.76. The summed E-state index contributed by atoms with van der Waals surface area (Å²) in [7, 11) is 0. The van der Waals surface area contributed by atoms with Gasteiger partial charge in [0, 0.05) is 23.0 Å². The molecule has 0 aliphatic rings. The highest BCUT2D eigenvalue weighted by molar-refractivity contribution is 6.30. The van der Waals surface area contributed by atoms with E-state index < -0.39 is 12.6 Å². The second kappa shape index (κ2) is 7.49. The van der Waals surface area contributed by atoms with Crippen molar-refractivity contribution in [2.45, 2.75) is 13.2 Å². The predicted molar refractivity (Wildman–Crippen MR) is 89.6 cm³/mol. The van der Waals surface area contributed by atoms with Crippen LogP contribution in [0.3, 0.4) is 0 Å². The van der Waals surface area contributed by atoms with Crippen LogP contribution in [0.25, 0.3) is 11.1 Å². The van der Waals surface area contributed by atoms with Crippen LogP contribution >= 0.6 is 11.6 Å². The van der Waals surface area contributed by atoms with Crippen molar-refractivity contribution in [3.8, 4) is 17.0 Å². The van der Waals surface area contributed by atoms with Crippen LogP contribution in [0.4, 0.5) is 8.78 Å². The Kier molecular flexibility index (Phi) is 5.13. The average Bonchev–Trinajstić information content (AvgIpc) is 3.04. The van der Waals surface area contributed by atoms with E-state index in [1.54, 1.807) is 34.9 Å². The number of ether oxygens (including phenoxy) is 1. The smallest absolute Gasteiger partial charge is 0.388 e. The fourth-order valence-corrected chi connectivity index (χ4v) is 2.58. The van der Waals surface area contributed by atoms with Crippen LogP contribution < -0.4 is 4.74 Å². The molecule has 0 unspecified atom stereocenters. The van der Waals surface area contributed by atoms with Gasteiger partial charge in [0.15, 0.2) is 5.69 Å². The minimum atomic E-state index is -3.02. The molecule has 2 aromatic heterocycles. The lowest BCUT2D eigenvalue weighted by Gasteiger charge is -2.12.